The number of unbranched alkanes of at least 4 members (excludes halogenated alkanes) is 1. The van der Waals surface area contributed by atoms with E-state index in [1.165, 1.54) is 11.3 Å². The quantitative estimate of drug-likeness (QED) is 0.728. The second kappa shape index (κ2) is 10.0. The van der Waals surface area contributed by atoms with E-state index in [0.717, 1.165) is 35.8 Å². The van der Waals surface area contributed by atoms with Crippen molar-refractivity contribution < 1.29 is 14.6 Å². The number of thiazole rings is 1. The molecule has 126 valence electrons. The van der Waals surface area contributed by atoms with E-state index in [2.05, 4.69) is 11.9 Å². The summed E-state index contributed by atoms with van der Waals surface area (Å²) in [6.07, 6.45) is 2.68. The van der Waals surface area contributed by atoms with E-state index in [4.69, 9.17) is 4.74 Å². The van der Waals surface area contributed by atoms with Gasteiger partial charge >= 0.3 is 5.97 Å². The first-order valence-electron chi connectivity index (χ1n) is 8.01. The molecule has 1 N–H and O–H groups in total. The van der Waals surface area contributed by atoms with Crippen LogP contribution in [0.3, 0.4) is 0 Å². The Morgan fingerprint density at radius 3 is 2.48 bits per heavy atom. The molecule has 1 aromatic heterocycles. The number of nitrogens with zero attached hydrogens (tertiary/aromatic N) is 1. The van der Waals surface area contributed by atoms with Gasteiger partial charge in [0.05, 0.1) is 17.3 Å². The van der Waals surface area contributed by atoms with E-state index < -0.39 is 5.97 Å². The van der Waals surface area contributed by atoms with Crippen molar-refractivity contribution in [3.05, 3.63) is 45.4 Å². The molecule has 2 aromatic rings. The summed E-state index contributed by atoms with van der Waals surface area (Å²) >= 11 is 1.22. The van der Waals surface area contributed by atoms with E-state index >= 15 is 0 Å². The van der Waals surface area contributed by atoms with Gasteiger partial charge < -0.3 is 9.84 Å². The number of carboxylic acid groups (broad SMARTS) is 1. The van der Waals surface area contributed by atoms with Gasteiger partial charge in [0.25, 0.3) is 0 Å². The molecule has 0 fully saturated rings. The molecule has 1 aromatic carbocycles. The normalized spacial score (nSPS) is 9.91. The third-order valence-electron chi connectivity index (χ3n) is 3.06. The first kappa shape index (κ1) is 19.2. The van der Waals surface area contributed by atoms with Crippen LogP contribution in [0.25, 0.3) is 0 Å². The number of ether oxygens (including phenoxy) is 1. The van der Waals surface area contributed by atoms with Crippen LogP contribution in [-0.4, -0.2) is 22.7 Å². The van der Waals surface area contributed by atoms with E-state index in [1.54, 1.807) is 0 Å². The average molecular weight is 335 g/mol. The number of benzene rings is 1. The van der Waals surface area contributed by atoms with Crippen LogP contribution in [0.15, 0.2) is 24.3 Å². The highest BCUT2D eigenvalue weighted by Crippen LogP contribution is 2.22. The molecule has 0 aliphatic heterocycles. The number of carboxylic acids is 1. The summed E-state index contributed by atoms with van der Waals surface area (Å²) in [5.41, 5.74) is 1.66. The molecule has 0 atom stereocenters. The number of hydrogen-bond acceptors (Lipinski definition) is 4. The number of rotatable bonds is 7. The maximum atomic E-state index is 11.2. The molecule has 23 heavy (non-hydrogen) atoms. The fraction of sp³-hybridized carbons (Fsp3) is 0.444. The smallest absolute Gasteiger partial charge is 0.347 e. The van der Waals surface area contributed by atoms with Gasteiger partial charge in [0.2, 0.25) is 0 Å². The van der Waals surface area contributed by atoms with Gasteiger partial charge in [0, 0.05) is 6.42 Å². The number of aromatic carboxylic acids is 1. The molecule has 5 heteroatoms. The second-order valence-electron chi connectivity index (χ2n) is 4.84. The summed E-state index contributed by atoms with van der Waals surface area (Å²) in [5.74, 6) is -0.0600. The highest BCUT2D eigenvalue weighted by atomic mass is 32.1. The summed E-state index contributed by atoms with van der Waals surface area (Å²) in [5, 5.41) is 9.95. The van der Waals surface area contributed by atoms with Crippen molar-refractivity contribution in [2.45, 2.75) is 47.0 Å². The fourth-order valence-corrected chi connectivity index (χ4v) is 2.76. The Bertz CT molecular complexity index is 605. The summed E-state index contributed by atoms with van der Waals surface area (Å²) < 4.78 is 5.61. The molecule has 0 radical (unpaired) electrons. The first-order chi connectivity index (χ1) is 11.1. The van der Waals surface area contributed by atoms with Gasteiger partial charge in [-0.3, -0.25) is 0 Å². The molecular formula is C18H25NO3S. The van der Waals surface area contributed by atoms with Crippen molar-refractivity contribution in [2.75, 3.05) is 6.61 Å². The highest BCUT2D eigenvalue weighted by molar-refractivity contribution is 7.13. The molecule has 0 bridgehead atoms. The molecule has 0 aliphatic rings. The lowest BCUT2D eigenvalue weighted by Gasteiger charge is -2.06. The molecule has 0 amide bonds. The monoisotopic (exact) mass is 335 g/mol. The molecule has 1 heterocycles. The minimum Gasteiger partial charge on any atom is -0.494 e. The molecule has 0 aliphatic carbocycles. The predicted molar refractivity (Wildman–Crippen MR) is 94.8 cm³/mol. The zero-order chi connectivity index (χ0) is 17.2. The lowest BCUT2D eigenvalue weighted by atomic mass is 10.1. The largest absolute Gasteiger partial charge is 0.494 e. The molecule has 0 spiro atoms. The Morgan fingerprint density at radius 1 is 1.26 bits per heavy atom. The fourth-order valence-electron chi connectivity index (χ4n) is 1.99. The Hall–Kier alpha value is -1.88. The van der Waals surface area contributed by atoms with Crippen LogP contribution in [0.4, 0.5) is 0 Å². The van der Waals surface area contributed by atoms with Gasteiger partial charge in [-0.1, -0.05) is 39.3 Å². The Labute approximate surface area is 142 Å². The van der Waals surface area contributed by atoms with Crippen molar-refractivity contribution in [3.8, 4) is 5.75 Å². The Kier molecular flexibility index (Phi) is 8.33. The molecule has 0 saturated carbocycles. The minimum atomic E-state index is -0.907. The average Bonchev–Trinajstić information content (AvgIpc) is 2.92. The predicted octanol–water partition coefficient (Wildman–Crippen LogP) is 4.95. The topological polar surface area (TPSA) is 59.4 Å². The standard InChI is InChI=1S/C16H19NO3S.C2H6/c1-3-4-9-20-13-7-5-12(6-8-13)10-14-15(16(18)19)21-11(2)17-14;1-2/h5-8H,3-4,9-10H2,1-2H3,(H,18,19);1-2H3. The van der Waals surface area contributed by atoms with Crippen LogP contribution in [0.1, 0.15) is 59.5 Å². The maximum Gasteiger partial charge on any atom is 0.347 e. The van der Waals surface area contributed by atoms with Crippen molar-refractivity contribution in [1.82, 2.24) is 4.98 Å². The van der Waals surface area contributed by atoms with Gasteiger partial charge in [0.1, 0.15) is 10.6 Å². The summed E-state index contributed by atoms with van der Waals surface area (Å²) in [6.45, 7) is 8.68. The van der Waals surface area contributed by atoms with Gasteiger partial charge in [0.15, 0.2) is 0 Å². The molecule has 2 rings (SSSR count). The highest BCUT2D eigenvalue weighted by Gasteiger charge is 2.15. The van der Waals surface area contributed by atoms with Gasteiger partial charge in [-0.25, -0.2) is 9.78 Å². The number of carbonyl (C=O) groups is 1. The van der Waals surface area contributed by atoms with Gasteiger partial charge in [-0.2, -0.15) is 0 Å². The van der Waals surface area contributed by atoms with Crippen LogP contribution in [-0.2, 0) is 6.42 Å². The molecule has 0 unspecified atom stereocenters. The summed E-state index contributed by atoms with van der Waals surface area (Å²) in [4.78, 5) is 15.8. The van der Waals surface area contributed by atoms with E-state index in [1.807, 2.05) is 45.0 Å². The minimum absolute atomic E-state index is 0.329. The van der Waals surface area contributed by atoms with E-state index in [0.29, 0.717) is 17.0 Å². The number of aromatic nitrogens is 1. The van der Waals surface area contributed by atoms with Gasteiger partial charge in [-0.05, 0) is 31.0 Å². The van der Waals surface area contributed by atoms with E-state index in [-0.39, 0.29) is 0 Å². The van der Waals surface area contributed by atoms with Crippen LogP contribution < -0.4 is 4.74 Å². The lowest BCUT2D eigenvalue weighted by molar-refractivity contribution is 0.0701. The number of hydrogen-bond donors (Lipinski definition) is 1. The maximum absolute atomic E-state index is 11.2. The number of aryl methyl sites for hydroxylation is 1. The summed E-state index contributed by atoms with van der Waals surface area (Å²) in [7, 11) is 0. The molecule has 0 saturated heterocycles. The van der Waals surface area contributed by atoms with Crippen LogP contribution >= 0.6 is 11.3 Å². The van der Waals surface area contributed by atoms with Crippen molar-refractivity contribution in [1.29, 1.82) is 0 Å². The molecular weight excluding hydrogens is 310 g/mol. The van der Waals surface area contributed by atoms with Crippen LogP contribution in [0.5, 0.6) is 5.75 Å². The zero-order valence-electron chi connectivity index (χ0n) is 14.3. The zero-order valence-corrected chi connectivity index (χ0v) is 15.1. The second-order valence-corrected chi connectivity index (χ2v) is 6.04. The lowest BCUT2D eigenvalue weighted by Crippen LogP contribution is -2.00. The third-order valence-corrected chi connectivity index (χ3v) is 4.06. The third kappa shape index (κ3) is 6.02. The summed E-state index contributed by atoms with van der Waals surface area (Å²) in [6, 6.07) is 7.76. The van der Waals surface area contributed by atoms with Crippen molar-refractivity contribution in [3.63, 3.8) is 0 Å². The molecule has 4 nitrogen and oxygen atoms in total. The Balaban J connectivity index is 0.00000127. The first-order valence-corrected chi connectivity index (χ1v) is 8.83. The van der Waals surface area contributed by atoms with Crippen LogP contribution in [0.2, 0.25) is 0 Å². The van der Waals surface area contributed by atoms with Crippen molar-refractivity contribution in [2.24, 2.45) is 0 Å². The SMILES string of the molecule is CC.CCCCOc1ccc(Cc2nc(C)sc2C(=O)O)cc1. The van der Waals surface area contributed by atoms with Crippen molar-refractivity contribution >= 4 is 17.3 Å². The van der Waals surface area contributed by atoms with E-state index in [9.17, 15) is 9.90 Å². The van der Waals surface area contributed by atoms with Crippen LogP contribution in [0, 0.1) is 6.92 Å². The Morgan fingerprint density at radius 2 is 1.91 bits per heavy atom. The van der Waals surface area contributed by atoms with Gasteiger partial charge in [-0.15, -0.1) is 11.3 Å².